The van der Waals surface area contributed by atoms with Gasteiger partial charge in [-0.1, -0.05) is 12.1 Å². The van der Waals surface area contributed by atoms with Crippen LogP contribution in [0.5, 0.6) is 0 Å². The molecule has 0 unspecified atom stereocenters. The number of nitrogens with one attached hydrogen (secondary N) is 2. The van der Waals surface area contributed by atoms with Gasteiger partial charge in [0.2, 0.25) is 12.4 Å². The first-order chi connectivity index (χ1) is 16.7. The van der Waals surface area contributed by atoms with Crippen molar-refractivity contribution >= 4 is 33.3 Å². The van der Waals surface area contributed by atoms with Crippen LogP contribution in [-0.2, 0) is 4.74 Å². The van der Waals surface area contributed by atoms with Crippen molar-refractivity contribution in [2.45, 2.75) is 50.9 Å². The van der Waals surface area contributed by atoms with Crippen LogP contribution < -0.4 is 10.6 Å². The van der Waals surface area contributed by atoms with Crippen molar-refractivity contribution in [2.75, 3.05) is 30.9 Å². The van der Waals surface area contributed by atoms with Crippen molar-refractivity contribution in [3.05, 3.63) is 30.0 Å². The van der Waals surface area contributed by atoms with Crippen LogP contribution in [0.2, 0.25) is 0 Å². The van der Waals surface area contributed by atoms with Crippen LogP contribution in [0.25, 0.3) is 20.8 Å². The van der Waals surface area contributed by atoms with Gasteiger partial charge in [0.15, 0.2) is 5.72 Å². The zero-order valence-electron chi connectivity index (χ0n) is 19.6. The maximum absolute atomic E-state index is 13.4. The van der Waals surface area contributed by atoms with E-state index in [0.717, 1.165) is 23.1 Å². The van der Waals surface area contributed by atoms with Crippen molar-refractivity contribution in [3.8, 4) is 10.6 Å². The molecule has 188 valence electrons. The van der Waals surface area contributed by atoms with E-state index in [0.29, 0.717) is 35.4 Å². The van der Waals surface area contributed by atoms with Gasteiger partial charge in [-0.3, -0.25) is 0 Å². The number of anilines is 2. The predicted octanol–water partition coefficient (Wildman–Crippen LogP) is 4.04. The molecule has 0 spiro atoms. The molecule has 0 aliphatic heterocycles. The molecule has 3 atom stereocenters. The minimum Gasteiger partial charge on any atom is -0.388 e. The van der Waals surface area contributed by atoms with Gasteiger partial charge in [0.1, 0.15) is 16.9 Å². The first kappa shape index (κ1) is 24.2. The molecule has 5 rings (SSSR count). The topological polar surface area (TPSA) is 112 Å². The Morgan fingerprint density at radius 2 is 1.97 bits per heavy atom. The number of ether oxygens (including phenoxy) is 1. The Bertz CT molecular complexity index is 1190. The molecule has 0 radical (unpaired) electrons. The van der Waals surface area contributed by atoms with E-state index in [2.05, 4.69) is 20.6 Å². The second kappa shape index (κ2) is 9.20. The van der Waals surface area contributed by atoms with Gasteiger partial charge in [0, 0.05) is 19.1 Å². The summed E-state index contributed by atoms with van der Waals surface area (Å²) >= 11 is 1.45. The lowest BCUT2D eigenvalue weighted by Gasteiger charge is -2.31. The van der Waals surface area contributed by atoms with Crippen molar-refractivity contribution in [1.82, 2.24) is 15.0 Å². The number of benzene rings is 1. The fourth-order valence-electron chi connectivity index (χ4n) is 4.75. The summed E-state index contributed by atoms with van der Waals surface area (Å²) in [7, 11) is 1.68. The summed E-state index contributed by atoms with van der Waals surface area (Å²) in [5.74, 6) is -0.728. The summed E-state index contributed by atoms with van der Waals surface area (Å²) in [5.41, 5.74) is 0.0966. The molecule has 2 aliphatic rings. The van der Waals surface area contributed by atoms with Crippen LogP contribution in [0.15, 0.2) is 24.3 Å². The normalized spacial score (nSPS) is 25.3. The molecule has 8 nitrogen and oxygen atoms in total. The van der Waals surface area contributed by atoms with Gasteiger partial charge in [0.25, 0.3) is 0 Å². The molecular formula is C24H29F2N5O3S. The van der Waals surface area contributed by atoms with Crippen molar-refractivity contribution in [1.29, 1.82) is 0 Å². The summed E-state index contributed by atoms with van der Waals surface area (Å²) in [6, 6.07) is 7.69. The second-order valence-corrected chi connectivity index (χ2v) is 10.7. The molecule has 2 aliphatic carbocycles. The van der Waals surface area contributed by atoms with Gasteiger partial charge in [-0.25, -0.2) is 18.7 Å². The third-order valence-electron chi connectivity index (χ3n) is 7.04. The van der Waals surface area contributed by atoms with Crippen LogP contribution in [0.4, 0.5) is 20.5 Å². The molecule has 2 fully saturated rings. The summed E-state index contributed by atoms with van der Waals surface area (Å²) < 4.78 is 33.1. The Kier molecular flexibility index (Phi) is 6.37. The van der Waals surface area contributed by atoms with E-state index in [9.17, 15) is 19.0 Å². The summed E-state index contributed by atoms with van der Waals surface area (Å²) in [6.45, 7) is 3.08. The van der Waals surface area contributed by atoms with Gasteiger partial charge in [-0.05, 0) is 44.7 Å². The number of fused-ring (bicyclic) bond motifs is 1. The Labute approximate surface area is 205 Å². The lowest BCUT2D eigenvalue weighted by molar-refractivity contribution is -0.0763. The Hall–Kier alpha value is -2.47. The Morgan fingerprint density at radius 3 is 2.63 bits per heavy atom. The largest absolute Gasteiger partial charge is 0.388 e. The van der Waals surface area contributed by atoms with Crippen LogP contribution in [0.1, 0.15) is 31.4 Å². The number of para-hydroxylation sites is 1. The van der Waals surface area contributed by atoms with E-state index in [1.54, 1.807) is 7.11 Å². The minimum atomic E-state index is -2.73. The first-order valence-corrected chi connectivity index (χ1v) is 12.5. The zero-order chi connectivity index (χ0) is 24.8. The van der Waals surface area contributed by atoms with Gasteiger partial charge < -0.3 is 25.6 Å². The van der Waals surface area contributed by atoms with E-state index in [-0.39, 0.29) is 24.1 Å². The van der Waals surface area contributed by atoms with Crippen molar-refractivity contribution in [2.24, 2.45) is 11.3 Å². The van der Waals surface area contributed by atoms with Gasteiger partial charge >= 0.3 is 0 Å². The number of nitrogens with zero attached hydrogens (tertiary/aromatic N) is 3. The molecular weight excluding hydrogens is 476 g/mol. The maximum atomic E-state index is 13.4. The molecule has 3 aromatic rings. The highest BCUT2D eigenvalue weighted by Gasteiger charge is 2.50. The standard InChI is InChI=1S/C24H29F2N5O3S/c1-13-17(21-29-15-5-3-4-6-16(15)35-21)20(31-24(33)8-7-14(18(24)32)19(25)26)30-22(28-13)27-11-23(9-10-23)12-34-2/h3-6,14,18-19,32-33H,7-12H2,1-2H3,(H2,27,28,30,31)/t14-,18+,24-/m0/s1. The quantitative estimate of drug-likeness (QED) is 0.323. The number of methoxy groups -OCH3 is 1. The third-order valence-corrected chi connectivity index (χ3v) is 8.09. The number of rotatable bonds is 9. The average Bonchev–Trinajstić information content (AvgIpc) is 3.34. The number of aryl methyl sites for hydroxylation is 1. The Balaban J connectivity index is 1.51. The predicted molar refractivity (Wildman–Crippen MR) is 131 cm³/mol. The molecule has 4 N–H and O–H groups in total. The Morgan fingerprint density at radius 1 is 1.20 bits per heavy atom. The number of aromatic nitrogens is 3. The highest BCUT2D eigenvalue weighted by molar-refractivity contribution is 7.21. The monoisotopic (exact) mass is 505 g/mol. The van der Waals surface area contributed by atoms with Gasteiger partial charge in [-0.15, -0.1) is 11.3 Å². The number of aliphatic hydroxyl groups is 2. The molecule has 0 saturated heterocycles. The van der Waals surface area contributed by atoms with E-state index in [1.165, 1.54) is 11.3 Å². The molecule has 2 aromatic heterocycles. The number of hydrogen-bond acceptors (Lipinski definition) is 9. The smallest absolute Gasteiger partial charge is 0.244 e. The lowest BCUT2D eigenvalue weighted by atomic mass is 10.0. The molecule has 11 heteroatoms. The first-order valence-electron chi connectivity index (χ1n) is 11.7. The molecule has 2 saturated carbocycles. The maximum Gasteiger partial charge on any atom is 0.244 e. The fourth-order valence-corrected chi connectivity index (χ4v) is 5.81. The number of halogens is 2. The minimum absolute atomic E-state index is 0.00643. The molecule has 1 aromatic carbocycles. The number of thiazole rings is 1. The van der Waals surface area contributed by atoms with Crippen LogP contribution in [-0.4, -0.2) is 63.7 Å². The molecule has 0 bridgehead atoms. The van der Waals surface area contributed by atoms with E-state index in [4.69, 9.17) is 9.72 Å². The number of hydrogen-bond donors (Lipinski definition) is 4. The lowest BCUT2D eigenvalue weighted by Crippen LogP contribution is -2.48. The highest BCUT2D eigenvalue weighted by Crippen LogP contribution is 2.46. The fraction of sp³-hybridized carbons (Fsp3) is 0.542. The summed E-state index contributed by atoms with van der Waals surface area (Å²) in [6.07, 6.45) is -2.33. The van der Waals surface area contributed by atoms with Gasteiger partial charge in [-0.2, -0.15) is 4.98 Å². The molecule has 35 heavy (non-hydrogen) atoms. The van der Waals surface area contributed by atoms with E-state index in [1.807, 2.05) is 31.2 Å². The highest BCUT2D eigenvalue weighted by atomic mass is 32.1. The summed E-state index contributed by atoms with van der Waals surface area (Å²) in [5, 5.41) is 28.5. The zero-order valence-corrected chi connectivity index (χ0v) is 20.4. The molecule has 2 heterocycles. The van der Waals surface area contributed by atoms with Crippen LogP contribution >= 0.6 is 11.3 Å². The third kappa shape index (κ3) is 4.69. The average molecular weight is 506 g/mol. The second-order valence-electron chi connectivity index (χ2n) is 9.66. The summed E-state index contributed by atoms with van der Waals surface area (Å²) in [4.78, 5) is 14.0. The van der Waals surface area contributed by atoms with Crippen LogP contribution in [0, 0.1) is 18.3 Å². The number of alkyl halides is 2. The van der Waals surface area contributed by atoms with Crippen molar-refractivity contribution in [3.63, 3.8) is 0 Å². The molecule has 0 amide bonds. The van der Waals surface area contributed by atoms with Crippen LogP contribution in [0.3, 0.4) is 0 Å². The van der Waals surface area contributed by atoms with Gasteiger partial charge in [0.05, 0.1) is 34.0 Å². The van der Waals surface area contributed by atoms with E-state index < -0.39 is 24.2 Å². The van der Waals surface area contributed by atoms with E-state index >= 15 is 0 Å². The van der Waals surface area contributed by atoms with Crippen molar-refractivity contribution < 1.29 is 23.7 Å². The number of aliphatic hydroxyl groups excluding tert-OH is 1. The SMILES string of the molecule is COCC1(CNc2nc(C)c(-c3nc4ccccc4s3)c(N[C@]3(O)CC[C@H](C(F)F)[C@H]3O)n2)CC1.